The van der Waals surface area contributed by atoms with E-state index in [1.807, 2.05) is 17.0 Å². The number of nitrogens with zero attached hydrogens (tertiary/aromatic N) is 3. The number of nitrogens with two attached hydrogens (primary N) is 2. The van der Waals surface area contributed by atoms with Gasteiger partial charge in [0.05, 0.1) is 6.20 Å². The first kappa shape index (κ1) is 20.3. The second kappa shape index (κ2) is 8.04. The molecule has 0 radical (unpaired) electrons. The maximum atomic E-state index is 11.6. The standard InChI is InChI=1S/C14H15N3O2.C8H6N2O2/c15-6-8-1-2-9-3-4-17(7-10(9)5-8)12-11(16)13(18)14(12)19;11-8(12)6-5-9-7-3-1-2-4-10(6)7/h1-2,5H,3-4,6-7,15-16H2;1-5H,(H,11,12). The maximum Gasteiger partial charge on any atom is 0.354 e. The van der Waals surface area contributed by atoms with E-state index in [0.29, 0.717) is 31.0 Å². The van der Waals surface area contributed by atoms with E-state index >= 15 is 0 Å². The molecule has 0 saturated heterocycles. The summed E-state index contributed by atoms with van der Waals surface area (Å²) >= 11 is 0. The number of aromatic nitrogens is 2. The summed E-state index contributed by atoms with van der Waals surface area (Å²) in [5.41, 5.74) is 15.0. The van der Waals surface area contributed by atoms with Crippen LogP contribution in [0.5, 0.6) is 0 Å². The largest absolute Gasteiger partial charge is 0.477 e. The zero-order valence-electron chi connectivity index (χ0n) is 16.6. The van der Waals surface area contributed by atoms with Crippen LogP contribution in [0.3, 0.4) is 0 Å². The summed E-state index contributed by atoms with van der Waals surface area (Å²) in [6.07, 6.45) is 3.86. The monoisotopic (exact) mass is 419 g/mol. The summed E-state index contributed by atoms with van der Waals surface area (Å²) in [6.45, 7) is 1.82. The Morgan fingerprint density at radius 3 is 2.65 bits per heavy atom. The Morgan fingerprint density at radius 2 is 1.94 bits per heavy atom. The summed E-state index contributed by atoms with van der Waals surface area (Å²) in [7, 11) is 0. The third-order valence-corrected chi connectivity index (χ3v) is 5.39. The molecule has 0 fully saturated rings. The number of anilines is 2. The average Bonchev–Trinajstić information content (AvgIpc) is 3.23. The maximum absolute atomic E-state index is 11.6. The van der Waals surface area contributed by atoms with Crippen molar-refractivity contribution in [3.63, 3.8) is 0 Å². The number of imidazole rings is 1. The van der Waals surface area contributed by atoms with Crippen LogP contribution < -0.4 is 27.2 Å². The highest BCUT2D eigenvalue weighted by Gasteiger charge is 2.26. The van der Waals surface area contributed by atoms with Crippen molar-refractivity contribution in [2.24, 2.45) is 5.73 Å². The second-order valence-corrected chi connectivity index (χ2v) is 7.28. The highest BCUT2D eigenvalue weighted by atomic mass is 16.4. The van der Waals surface area contributed by atoms with E-state index < -0.39 is 16.8 Å². The third kappa shape index (κ3) is 3.66. The molecule has 2 aromatic carbocycles. The molecule has 1 aliphatic rings. The molecule has 0 unspecified atom stereocenters. The van der Waals surface area contributed by atoms with Crippen LogP contribution in [0.4, 0.5) is 11.4 Å². The van der Waals surface area contributed by atoms with E-state index in [1.54, 1.807) is 18.3 Å². The number of aromatic carboxylic acids is 1. The van der Waals surface area contributed by atoms with E-state index in [9.17, 15) is 14.4 Å². The Bertz CT molecular complexity index is 1350. The number of nitrogen functional groups attached to an aromatic ring is 1. The van der Waals surface area contributed by atoms with Crippen LogP contribution in [-0.2, 0) is 19.5 Å². The van der Waals surface area contributed by atoms with Crippen molar-refractivity contribution in [2.75, 3.05) is 17.2 Å². The summed E-state index contributed by atoms with van der Waals surface area (Å²) in [5.74, 6) is -0.964. The van der Waals surface area contributed by atoms with Gasteiger partial charge in [0, 0.05) is 25.8 Å². The average molecular weight is 419 g/mol. The second-order valence-electron chi connectivity index (χ2n) is 7.28. The fraction of sp³-hybridized carbons (Fsp3) is 0.182. The number of carboxylic acids is 1. The van der Waals surface area contributed by atoms with Gasteiger partial charge in [0.2, 0.25) is 0 Å². The van der Waals surface area contributed by atoms with Crippen molar-refractivity contribution in [1.29, 1.82) is 0 Å². The number of hydrogen-bond acceptors (Lipinski definition) is 7. The van der Waals surface area contributed by atoms with Gasteiger partial charge in [0.1, 0.15) is 17.0 Å². The van der Waals surface area contributed by atoms with Crippen LogP contribution in [0.2, 0.25) is 0 Å². The van der Waals surface area contributed by atoms with Crippen molar-refractivity contribution in [2.45, 2.75) is 19.5 Å². The number of rotatable bonds is 3. The Hall–Kier alpha value is -3.98. The van der Waals surface area contributed by atoms with Crippen LogP contribution in [0.1, 0.15) is 27.2 Å². The van der Waals surface area contributed by atoms with Gasteiger partial charge in [0.15, 0.2) is 5.69 Å². The van der Waals surface area contributed by atoms with Crippen molar-refractivity contribution >= 4 is 23.0 Å². The SMILES string of the molecule is NCc1ccc2c(c1)CN(c1c(N)c(=O)c1=O)CC2.O=C(O)c1cnc2ccccn12. The van der Waals surface area contributed by atoms with Crippen LogP contribution in [0, 0.1) is 0 Å². The smallest absolute Gasteiger partial charge is 0.354 e. The quantitative estimate of drug-likeness (QED) is 0.416. The normalized spacial score (nSPS) is 13.0. The van der Waals surface area contributed by atoms with Gasteiger partial charge < -0.3 is 21.5 Å². The predicted octanol–water partition coefficient (Wildman–Crippen LogP) is 0.919. The minimum atomic E-state index is -0.964. The van der Waals surface area contributed by atoms with Gasteiger partial charge in [-0.2, -0.15) is 0 Å². The molecule has 1 aliphatic heterocycles. The zero-order chi connectivity index (χ0) is 22.1. The lowest BCUT2D eigenvalue weighted by Crippen LogP contribution is -2.44. The lowest BCUT2D eigenvalue weighted by atomic mass is 9.96. The van der Waals surface area contributed by atoms with E-state index in [2.05, 4.69) is 17.1 Å². The fourth-order valence-corrected chi connectivity index (χ4v) is 3.73. The molecule has 0 aliphatic carbocycles. The molecule has 0 atom stereocenters. The summed E-state index contributed by atoms with van der Waals surface area (Å²) < 4.78 is 1.53. The third-order valence-electron chi connectivity index (χ3n) is 5.39. The lowest BCUT2D eigenvalue weighted by Gasteiger charge is -2.31. The van der Waals surface area contributed by atoms with Crippen molar-refractivity contribution in [3.8, 4) is 0 Å². The van der Waals surface area contributed by atoms with Gasteiger partial charge >= 0.3 is 5.97 Å². The number of pyridine rings is 1. The van der Waals surface area contributed by atoms with Crippen molar-refractivity contribution < 1.29 is 9.90 Å². The first-order chi connectivity index (χ1) is 14.9. The number of hydrogen-bond donors (Lipinski definition) is 3. The minimum absolute atomic E-state index is 0.100. The molecule has 2 aromatic heterocycles. The fourth-order valence-electron chi connectivity index (χ4n) is 3.73. The summed E-state index contributed by atoms with van der Waals surface area (Å²) in [4.78, 5) is 39.2. The molecule has 5 N–H and O–H groups in total. The van der Waals surface area contributed by atoms with E-state index in [-0.39, 0.29) is 11.4 Å². The molecule has 5 rings (SSSR count). The van der Waals surface area contributed by atoms with Crippen LogP contribution in [-0.4, -0.2) is 27.0 Å². The number of benzene rings is 1. The molecule has 9 nitrogen and oxygen atoms in total. The van der Waals surface area contributed by atoms with E-state index in [4.69, 9.17) is 16.6 Å². The lowest BCUT2D eigenvalue weighted by molar-refractivity contribution is 0.0689. The van der Waals surface area contributed by atoms with Gasteiger partial charge in [-0.25, -0.2) is 9.78 Å². The number of carboxylic acid groups (broad SMARTS) is 1. The molecular weight excluding hydrogens is 398 g/mol. The first-order valence-electron chi connectivity index (χ1n) is 9.70. The molecule has 0 spiro atoms. The molecule has 0 saturated carbocycles. The molecule has 0 bridgehead atoms. The number of carbonyl (C=O) groups is 1. The van der Waals surface area contributed by atoms with Crippen molar-refractivity contribution in [1.82, 2.24) is 9.38 Å². The van der Waals surface area contributed by atoms with Gasteiger partial charge in [-0.1, -0.05) is 24.3 Å². The summed E-state index contributed by atoms with van der Waals surface area (Å²) in [6, 6.07) is 11.5. The van der Waals surface area contributed by atoms with Crippen LogP contribution in [0.25, 0.3) is 5.65 Å². The first-order valence-corrected chi connectivity index (χ1v) is 9.70. The summed E-state index contributed by atoms with van der Waals surface area (Å²) in [5, 5.41) is 8.71. The highest BCUT2D eigenvalue weighted by Crippen LogP contribution is 2.26. The molecule has 158 valence electrons. The van der Waals surface area contributed by atoms with Gasteiger partial charge in [0.25, 0.3) is 10.9 Å². The molecule has 3 heterocycles. The van der Waals surface area contributed by atoms with E-state index in [0.717, 1.165) is 17.5 Å². The van der Waals surface area contributed by atoms with E-state index in [1.165, 1.54) is 16.2 Å². The Kier molecular flexibility index (Phi) is 5.26. The molecule has 31 heavy (non-hydrogen) atoms. The molecule has 0 amide bonds. The minimum Gasteiger partial charge on any atom is -0.477 e. The topological polar surface area (TPSA) is 144 Å². The predicted molar refractivity (Wildman–Crippen MR) is 117 cm³/mol. The Labute approximate surface area is 176 Å². The van der Waals surface area contributed by atoms with Crippen LogP contribution >= 0.6 is 0 Å². The number of fused-ring (bicyclic) bond motifs is 2. The molecule has 4 aromatic rings. The van der Waals surface area contributed by atoms with Gasteiger partial charge in [-0.3, -0.25) is 14.0 Å². The Morgan fingerprint density at radius 1 is 1.13 bits per heavy atom. The van der Waals surface area contributed by atoms with Crippen LogP contribution in [0.15, 0.2) is 58.4 Å². The van der Waals surface area contributed by atoms with Gasteiger partial charge in [-0.05, 0) is 35.2 Å². The Balaban J connectivity index is 0.000000166. The highest BCUT2D eigenvalue weighted by molar-refractivity contribution is 5.86. The molecular formula is C22H21N5O4. The zero-order valence-corrected chi connectivity index (χ0v) is 16.6. The molecule has 9 heteroatoms. The van der Waals surface area contributed by atoms with Gasteiger partial charge in [-0.15, -0.1) is 0 Å². The van der Waals surface area contributed by atoms with Crippen molar-refractivity contribution in [3.05, 3.63) is 91.6 Å².